The first kappa shape index (κ1) is 15.8. The van der Waals surface area contributed by atoms with Crippen molar-refractivity contribution in [1.82, 2.24) is 0 Å². The fourth-order valence-corrected chi connectivity index (χ4v) is 2.37. The lowest BCUT2D eigenvalue weighted by Gasteiger charge is -2.04. The summed E-state index contributed by atoms with van der Waals surface area (Å²) in [6, 6.07) is 16.3. The molecule has 2 aromatic carbocycles. The van der Waals surface area contributed by atoms with E-state index in [4.69, 9.17) is 21.1 Å². The number of aromatic carboxylic acids is 1. The number of benzene rings is 2. The first-order valence-corrected chi connectivity index (χ1v) is 7.41. The largest absolute Gasteiger partial charge is 0.478 e. The molecule has 0 aliphatic rings. The van der Waals surface area contributed by atoms with E-state index in [9.17, 15) is 9.59 Å². The van der Waals surface area contributed by atoms with Crippen LogP contribution in [-0.2, 0) is 0 Å². The van der Waals surface area contributed by atoms with Gasteiger partial charge in [-0.1, -0.05) is 29.8 Å². The first-order valence-electron chi connectivity index (χ1n) is 7.03. The molecule has 1 aromatic heterocycles. The number of carbonyl (C=O) groups excluding carboxylic acids is 1. The lowest BCUT2D eigenvalue weighted by Crippen LogP contribution is -2.11. The Hall–Kier alpha value is -3.05. The highest BCUT2D eigenvalue weighted by atomic mass is 35.5. The first-order chi connectivity index (χ1) is 11.5. The molecule has 0 radical (unpaired) electrons. The van der Waals surface area contributed by atoms with Crippen molar-refractivity contribution in [3.63, 3.8) is 0 Å². The quantitative estimate of drug-likeness (QED) is 0.729. The number of hydrogen-bond acceptors (Lipinski definition) is 3. The number of halogens is 1. The van der Waals surface area contributed by atoms with Crippen LogP contribution >= 0.6 is 11.6 Å². The smallest absolute Gasteiger partial charge is 0.335 e. The van der Waals surface area contributed by atoms with Gasteiger partial charge in [0.25, 0.3) is 5.91 Å². The number of hydrogen-bond donors (Lipinski definition) is 2. The third-order valence-electron chi connectivity index (χ3n) is 3.31. The summed E-state index contributed by atoms with van der Waals surface area (Å²) in [5, 5.41) is 12.1. The summed E-state index contributed by atoms with van der Waals surface area (Å²) in [5.41, 5.74) is 1.22. The van der Waals surface area contributed by atoms with Crippen LogP contribution in [0.2, 0.25) is 5.02 Å². The van der Waals surface area contributed by atoms with Crippen molar-refractivity contribution in [3.05, 3.63) is 77.0 Å². The van der Waals surface area contributed by atoms with Crippen LogP contribution in [-0.4, -0.2) is 17.0 Å². The SMILES string of the molecule is O=C(O)c1cccc(NC(=O)c2ccc(-c3cccc(Cl)c3)o2)c1. The van der Waals surface area contributed by atoms with E-state index in [0.29, 0.717) is 16.5 Å². The molecule has 5 nitrogen and oxygen atoms in total. The molecule has 0 aliphatic carbocycles. The molecule has 24 heavy (non-hydrogen) atoms. The Bertz CT molecular complexity index is 917. The average molecular weight is 342 g/mol. The number of carbonyl (C=O) groups is 2. The summed E-state index contributed by atoms with van der Waals surface area (Å²) in [4.78, 5) is 23.2. The van der Waals surface area contributed by atoms with Crippen LogP contribution in [0.3, 0.4) is 0 Å². The van der Waals surface area contributed by atoms with Crippen LogP contribution in [0, 0.1) is 0 Å². The Balaban J connectivity index is 1.79. The molecule has 2 N–H and O–H groups in total. The van der Waals surface area contributed by atoms with Gasteiger partial charge in [0.2, 0.25) is 0 Å². The van der Waals surface area contributed by atoms with Crippen LogP contribution in [0.1, 0.15) is 20.9 Å². The molecule has 1 amide bonds. The minimum Gasteiger partial charge on any atom is -0.478 e. The lowest BCUT2D eigenvalue weighted by molar-refractivity contribution is 0.0696. The number of carboxylic acid groups (broad SMARTS) is 1. The van der Waals surface area contributed by atoms with E-state index in [-0.39, 0.29) is 11.3 Å². The molecule has 0 bridgehead atoms. The molecule has 6 heteroatoms. The molecule has 0 atom stereocenters. The van der Waals surface area contributed by atoms with Gasteiger partial charge in [-0.3, -0.25) is 4.79 Å². The second kappa shape index (κ2) is 6.60. The summed E-state index contributed by atoms with van der Waals surface area (Å²) >= 11 is 5.94. The van der Waals surface area contributed by atoms with E-state index in [0.717, 1.165) is 5.56 Å². The van der Waals surface area contributed by atoms with Gasteiger partial charge in [0.15, 0.2) is 5.76 Å². The topological polar surface area (TPSA) is 79.5 Å². The van der Waals surface area contributed by atoms with E-state index < -0.39 is 11.9 Å². The van der Waals surface area contributed by atoms with Crippen molar-refractivity contribution in [2.45, 2.75) is 0 Å². The van der Waals surface area contributed by atoms with Gasteiger partial charge < -0.3 is 14.8 Å². The molecular formula is C18H12ClNO4. The Morgan fingerprint density at radius 3 is 2.54 bits per heavy atom. The van der Waals surface area contributed by atoms with Crippen LogP contribution < -0.4 is 5.32 Å². The van der Waals surface area contributed by atoms with Crippen LogP contribution in [0.5, 0.6) is 0 Å². The molecule has 0 spiro atoms. The maximum Gasteiger partial charge on any atom is 0.335 e. The van der Waals surface area contributed by atoms with Crippen molar-refractivity contribution >= 4 is 29.2 Å². The minimum absolute atomic E-state index is 0.0897. The number of amides is 1. The van der Waals surface area contributed by atoms with Crippen LogP contribution in [0.4, 0.5) is 5.69 Å². The predicted octanol–water partition coefficient (Wildman–Crippen LogP) is 4.55. The molecule has 0 fully saturated rings. The van der Waals surface area contributed by atoms with E-state index in [1.165, 1.54) is 12.1 Å². The molecular weight excluding hydrogens is 330 g/mol. The fourth-order valence-electron chi connectivity index (χ4n) is 2.18. The van der Waals surface area contributed by atoms with Crippen molar-refractivity contribution in [3.8, 4) is 11.3 Å². The van der Waals surface area contributed by atoms with Gasteiger partial charge in [-0.25, -0.2) is 4.79 Å². The number of rotatable bonds is 4. The Kier molecular flexibility index (Phi) is 4.35. The zero-order valence-corrected chi connectivity index (χ0v) is 13.1. The highest BCUT2D eigenvalue weighted by Crippen LogP contribution is 2.25. The second-order valence-corrected chi connectivity index (χ2v) is 5.45. The molecule has 3 aromatic rings. The van der Waals surface area contributed by atoms with Gasteiger partial charge in [0, 0.05) is 16.3 Å². The number of anilines is 1. The zero-order chi connectivity index (χ0) is 17.1. The molecule has 1 heterocycles. The maximum atomic E-state index is 12.2. The normalized spacial score (nSPS) is 10.4. The third-order valence-corrected chi connectivity index (χ3v) is 3.54. The van der Waals surface area contributed by atoms with Gasteiger partial charge >= 0.3 is 5.97 Å². The van der Waals surface area contributed by atoms with Crippen molar-refractivity contribution in [2.75, 3.05) is 5.32 Å². The van der Waals surface area contributed by atoms with Gasteiger partial charge in [-0.2, -0.15) is 0 Å². The third kappa shape index (κ3) is 3.47. The van der Waals surface area contributed by atoms with E-state index >= 15 is 0 Å². The molecule has 0 saturated carbocycles. The summed E-state index contributed by atoms with van der Waals surface area (Å²) in [7, 11) is 0. The molecule has 0 saturated heterocycles. The Labute approximate surface area is 142 Å². The molecule has 120 valence electrons. The van der Waals surface area contributed by atoms with Crippen molar-refractivity contribution < 1.29 is 19.1 Å². The fraction of sp³-hybridized carbons (Fsp3) is 0. The van der Waals surface area contributed by atoms with E-state index in [2.05, 4.69) is 5.32 Å². The summed E-state index contributed by atoms with van der Waals surface area (Å²) in [5.74, 6) is -0.897. The van der Waals surface area contributed by atoms with Gasteiger partial charge in [0.1, 0.15) is 5.76 Å². The van der Waals surface area contributed by atoms with Crippen molar-refractivity contribution in [1.29, 1.82) is 0 Å². The Morgan fingerprint density at radius 1 is 1.00 bits per heavy atom. The number of carboxylic acids is 1. The molecule has 0 unspecified atom stereocenters. The average Bonchev–Trinajstić information content (AvgIpc) is 3.05. The number of nitrogens with one attached hydrogen (secondary N) is 1. The van der Waals surface area contributed by atoms with Crippen molar-refractivity contribution in [2.24, 2.45) is 0 Å². The van der Waals surface area contributed by atoms with Crippen LogP contribution in [0.15, 0.2) is 65.1 Å². The highest BCUT2D eigenvalue weighted by Gasteiger charge is 2.13. The predicted molar refractivity (Wildman–Crippen MR) is 90.5 cm³/mol. The lowest BCUT2D eigenvalue weighted by atomic mass is 10.2. The zero-order valence-electron chi connectivity index (χ0n) is 12.3. The standard InChI is InChI=1S/C18H12ClNO4/c19-13-5-1-3-11(9-13)15-7-8-16(24-15)17(21)20-14-6-2-4-12(10-14)18(22)23/h1-10H,(H,20,21)(H,22,23). The summed E-state index contributed by atoms with van der Waals surface area (Å²) in [6.07, 6.45) is 0. The maximum absolute atomic E-state index is 12.2. The van der Waals surface area contributed by atoms with E-state index in [1.807, 2.05) is 6.07 Å². The van der Waals surface area contributed by atoms with Gasteiger partial charge in [0.05, 0.1) is 5.56 Å². The van der Waals surface area contributed by atoms with E-state index in [1.54, 1.807) is 42.5 Å². The van der Waals surface area contributed by atoms with Gasteiger partial charge in [-0.15, -0.1) is 0 Å². The monoisotopic (exact) mass is 341 g/mol. The second-order valence-electron chi connectivity index (χ2n) is 5.01. The van der Waals surface area contributed by atoms with Crippen LogP contribution in [0.25, 0.3) is 11.3 Å². The summed E-state index contributed by atoms with van der Waals surface area (Å²) < 4.78 is 5.55. The minimum atomic E-state index is -1.06. The molecule has 3 rings (SSSR count). The molecule has 0 aliphatic heterocycles. The number of furan rings is 1. The Morgan fingerprint density at radius 2 is 1.79 bits per heavy atom. The van der Waals surface area contributed by atoms with Gasteiger partial charge in [-0.05, 0) is 42.5 Å². The summed E-state index contributed by atoms with van der Waals surface area (Å²) in [6.45, 7) is 0. The highest BCUT2D eigenvalue weighted by molar-refractivity contribution is 6.30.